The second kappa shape index (κ2) is 9.23. The van der Waals surface area contributed by atoms with Crippen LogP contribution in [0.5, 0.6) is 0 Å². The molecule has 2 rings (SSSR count). The van der Waals surface area contributed by atoms with Crippen LogP contribution in [-0.4, -0.2) is 37.6 Å². The van der Waals surface area contributed by atoms with Gasteiger partial charge in [-0.1, -0.05) is 12.1 Å². The molecule has 0 saturated carbocycles. The van der Waals surface area contributed by atoms with E-state index in [2.05, 4.69) is 5.32 Å². The predicted molar refractivity (Wildman–Crippen MR) is 95.8 cm³/mol. The highest BCUT2D eigenvalue weighted by atomic mass is 16.5. The Kier molecular flexibility index (Phi) is 7.00. The molecule has 1 fully saturated rings. The molecular weight excluding hydrogens is 304 g/mol. The second-order valence-corrected chi connectivity index (χ2v) is 6.14. The van der Waals surface area contributed by atoms with Crippen molar-refractivity contribution in [2.24, 2.45) is 0 Å². The van der Waals surface area contributed by atoms with E-state index in [9.17, 15) is 9.59 Å². The first-order valence-corrected chi connectivity index (χ1v) is 8.54. The molecule has 5 heteroatoms. The zero-order valence-electron chi connectivity index (χ0n) is 14.5. The average Bonchev–Trinajstić information content (AvgIpc) is 2.99. The summed E-state index contributed by atoms with van der Waals surface area (Å²) in [7, 11) is 0. The normalized spacial score (nSPS) is 14.8. The molecular formula is C19H26N2O3. The van der Waals surface area contributed by atoms with Crippen LogP contribution in [-0.2, 0) is 14.3 Å². The third kappa shape index (κ3) is 5.81. The highest BCUT2D eigenvalue weighted by molar-refractivity contribution is 5.95. The minimum absolute atomic E-state index is 0.113. The molecule has 1 aromatic rings. The summed E-state index contributed by atoms with van der Waals surface area (Å²) in [6.07, 6.45) is 5.87. The molecule has 0 aromatic heterocycles. The van der Waals surface area contributed by atoms with Crippen LogP contribution in [0.25, 0.3) is 6.08 Å². The summed E-state index contributed by atoms with van der Waals surface area (Å²) in [6.45, 7) is 6.03. The number of nitrogens with one attached hydrogen (secondary N) is 1. The number of carbonyl (C=O) groups is 2. The lowest BCUT2D eigenvalue weighted by Crippen LogP contribution is -2.23. The lowest BCUT2D eigenvalue weighted by molar-refractivity contribution is -0.117. The van der Waals surface area contributed by atoms with Crippen molar-refractivity contribution in [1.29, 1.82) is 0 Å². The fourth-order valence-electron chi connectivity index (χ4n) is 2.52. The van der Waals surface area contributed by atoms with Gasteiger partial charge in [0.15, 0.2) is 0 Å². The summed E-state index contributed by atoms with van der Waals surface area (Å²) in [4.78, 5) is 25.3. The number of carbonyl (C=O) groups excluding carboxylic acids is 2. The molecule has 0 aliphatic carbocycles. The van der Waals surface area contributed by atoms with Crippen LogP contribution in [0.3, 0.4) is 0 Å². The number of benzene rings is 1. The number of hydrogen-bond donors (Lipinski definition) is 1. The zero-order valence-corrected chi connectivity index (χ0v) is 14.5. The first kappa shape index (κ1) is 18.2. The molecule has 1 aliphatic heterocycles. The van der Waals surface area contributed by atoms with Crippen LogP contribution in [0.15, 0.2) is 30.3 Å². The Bertz CT molecular complexity index is 579. The average molecular weight is 330 g/mol. The molecule has 0 spiro atoms. The van der Waals surface area contributed by atoms with Crippen molar-refractivity contribution in [2.45, 2.75) is 39.2 Å². The maximum absolute atomic E-state index is 11.7. The third-order valence-corrected chi connectivity index (χ3v) is 3.78. The summed E-state index contributed by atoms with van der Waals surface area (Å²) in [5, 5.41) is 2.83. The van der Waals surface area contributed by atoms with Gasteiger partial charge in [-0.25, -0.2) is 0 Å². The molecule has 5 nitrogen and oxygen atoms in total. The smallest absolute Gasteiger partial charge is 0.244 e. The van der Waals surface area contributed by atoms with Gasteiger partial charge >= 0.3 is 0 Å². The van der Waals surface area contributed by atoms with Crippen molar-refractivity contribution in [3.63, 3.8) is 0 Å². The fraction of sp³-hybridized carbons (Fsp3) is 0.474. The van der Waals surface area contributed by atoms with Gasteiger partial charge in [0.2, 0.25) is 11.8 Å². The molecule has 1 aromatic carbocycles. The van der Waals surface area contributed by atoms with Crippen LogP contribution in [0.4, 0.5) is 5.69 Å². The SMILES string of the molecule is CC(C)OCCCNC(=O)/C=C/c1ccc(N2CCCC2=O)cc1. The molecule has 1 N–H and O–H groups in total. The molecule has 130 valence electrons. The van der Waals surface area contributed by atoms with E-state index >= 15 is 0 Å². The van der Waals surface area contributed by atoms with Gasteiger partial charge in [-0.05, 0) is 50.5 Å². The molecule has 0 atom stereocenters. The Morgan fingerprint density at radius 3 is 2.71 bits per heavy atom. The molecule has 0 unspecified atom stereocenters. The van der Waals surface area contributed by atoms with E-state index in [0.717, 1.165) is 30.6 Å². The van der Waals surface area contributed by atoms with E-state index in [4.69, 9.17) is 4.74 Å². The maximum Gasteiger partial charge on any atom is 0.244 e. The first-order valence-electron chi connectivity index (χ1n) is 8.54. The lowest BCUT2D eigenvalue weighted by atomic mass is 10.2. The monoisotopic (exact) mass is 330 g/mol. The third-order valence-electron chi connectivity index (χ3n) is 3.78. The molecule has 1 aliphatic rings. The quantitative estimate of drug-likeness (QED) is 0.589. The Morgan fingerprint density at radius 1 is 1.33 bits per heavy atom. The summed E-state index contributed by atoms with van der Waals surface area (Å²) >= 11 is 0. The first-order chi connectivity index (χ1) is 11.6. The van der Waals surface area contributed by atoms with E-state index in [0.29, 0.717) is 19.6 Å². The van der Waals surface area contributed by atoms with Crippen LogP contribution < -0.4 is 10.2 Å². The standard InChI is InChI=1S/C19H26N2O3/c1-15(2)24-14-4-12-20-18(22)11-8-16-6-9-17(10-7-16)21-13-3-5-19(21)23/h6-11,15H,3-5,12-14H2,1-2H3,(H,20,22)/b11-8+. The number of rotatable bonds is 8. The van der Waals surface area contributed by atoms with Crippen molar-refractivity contribution in [2.75, 3.05) is 24.6 Å². The highest BCUT2D eigenvalue weighted by Gasteiger charge is 2.21. The summed E-state index contributed by atoms with van der Waals surface area (Å²) < 4.78 is 5.42. The topological polar surface area (TPSA) is 58.6 Å². The van der Waals surface area contributed by atoms with Gasteiger partial charge in [0.05, 0.1) is 6.10 Å². The Morgan fingerprint density at radius 2 is 2.08 bits per heavy atom. The van der Waals surface area contributed by atoms with Crippen molar-refractivity contribution in [3.8, 4) is 0 Å². The Labute approximate surface area is 143 Å². The van der Waals surface area contributed by atoms with Crippen LogP contribution in [0.1, 0.15) is 38.7 Å². The number of anilines is 1. The minimum atomic E-state index is -0.113. The minimum Gasteiger partial charge on any atom is -0.379 e. The highest BCUT2D eigenvalue weighted by Crippen LogP contribution is 2.21. The number of amides is 2. The number of ether oxygens (including phenoxy) is 1. The predicted octanol–water partition coefficient (Wildman–Crippen LogP) is 2.76. The van der Waals surface area contributed by atoms with Gasteiger partial charge in [0.1, 0.15) is 0 Å². The fourth-order valence-corrected chi connectivity index (χ4v) is 2.52. The molecule has 24 heavy (non-hydrogen) atoms. The van der Waals surface area contributed by atoms with Gasteiger partial charge in [0.25, 0.3) is 0 Å². The summed E-state index contributed by atoms with van der Waals surface area (Å²) in [5.74, 6) is 0.0671. The van der Waals surface area contributed by atoms with Crippen LogP contribution in [0.2, 0.25) is 0 Å². The van der Waals surface area contributed by atoms with Crippen molar-refractivity contribution in [1.82, 2.24) is 5.32 Å². The van der Waals surface area contributed by atoms with Gasteiger partial charge in [-0.3, -0.25) is 9.59 Å². The van der Waals surface area contributed by atoms with Gasteiger partial charge in [-0.2, -0.15) is 0 Å². The molecule has 2 amide bonds. The largest absolute Gasteiger partial charge is 0.379 e. The molecule has 1 heterocycles. The van der Waals surface area contributed by atoms with Gasteiger partial charge in [0, 0.05) is 37.9 Å². The maximum atomic E-state index is 11.7. The zero-order chi connectivity index (χ0) is 17.4. The van der Waals surface area contributed by atoms with Crippen molar-refractivity contribution in [3.05, 3.63) is 35.9 Å². The Hall–Kier alpha value is -2.14. The van der Waals surface area contributed by atoms with E-state index < -0.39 is 0 Å². The van der Waals surface area contributed by atoms with Crippen LogP contribution in [0, 0.1) is 0 Å². The molecule has 1 saturated heterocycles. The van der Waals surface area contributed by atoms with E-state index in [-0.39, 0.29) is 17.9 Å². The van der Waals surface area contributed by atoms with E-state index in [1.54, 1.807) is 11.0 Å². The number of nitrogens with zero attached hydrogens (tertiary/aromatic N) is 1. The van der Waals surface area contributed by atoms with E-state index in [1.165, 1.54) is 6.08 Å². The summed E-state index contributed by atoms with van der Waals surface area (Å²) in [6, 6.07) is 7.68. The van der Waals surface area contributed by atoms with Gasteiger partial charge in [-0.15, -0.1) is 0 Å². The summed E-state index contributed by atoms with van der Waals surface area (Å²) in [5.41, 5.74) is 1.85. The molecule has 0 bridgehead atoms. The lowest BCUT2D eigenvalue weighted by Gasteiger charge is -2.15. The van der Waals surface area contributed by atoms with Gasteiger partial charge < -0.3 is 15.0 Å². The van der Waals surface area contributed by atoms with Crippen molar-refractivity contribution >= 4 is 23.6 Å². The number of hydrogen-bond acceptors (Lipinski definition) is 3. The second-order valence-electron chi connectivity index (χ2n) is 6.14. The Balaban J connectivity index is 1.75. The van der Waals surface area contributed by atoms with Crippen LogP contribution >= 0.6 is 0 Å². The molecule has 0 radical (unpaired) electrons. The van der Waals surface area contributed by atoms with E-state index in [1.807, 2.05) is 38.1 Å². The van der Waals surface area contributed by atoms with Crippen molar-refractivity contribution < 1.29 is 14.3 Å².